The van der Waals surface area contributed by atoms with Crippen LogP contribution in [-0.4, -0.2) is 37.7 Å². The van der Waals surface area contributed by atoms with Crippen molar-refractivity contribution in [3.05, 3.63) is 64.1 Å². The molecular weight excluding hydrogens is 428 g/mol. The van der Waals surface area contributed by atoms with E-state index in [0.717, 1.165) is 11.3 Å². The van der Waals surface area contributed by atoms with E-state index in [4.69, 9.17) is 25.8 Å². The summed E-state index contributed by atoms with van der Waals surface area (Å²) >= 11 is 7.39. The summed E-state index contributed by atoms with van der Waals surface area (Å²) in [5.74, 6) is -0.0121. The van der Waals surface area contributed by atoms with Gasteiger partial charge in [0.05, 0.1) is 37.1 Å². The smallest absolute Gasteiger partial charge is 0.357 e. The number of carbonyl (C=O) groups is 2. The van der Waals surface area contributed by atoms with E-state index in [2.05, 4.69) is 4.98 Å². The van der Waals surface area contributed by atoms with Gasteiger partial charge in [-0.2, -0.15) is 0 Å². The number of thiazole rings is 1. The highest BCUT2D eigenvalue weighted by atomic mass is 35.5. The Hall–Kier alpha value is -3.10. The molecule has 0 saturated carbocycles. The number of rotatable bonds is 7. The van der Waals surface area contributed by atoms with Gasteiger partial charge in [-0.15, -0.1) is 11.3 Å². The molecule has 0 radical (unpaired) electrons. The largest absolute Gasteiger partial charge is 0.493 e. The van der Waals surface area contributed by atoms with E-state index in [1.165, 1.54) is 19.1 Å². The summed E-state index contributed by atoms with van der Waals surface area (Å²) < 4.78 is 15.6. The SMILES string of the molecule is CCOC(=O)c1csc(N(C(=O)c2ccccc2Cl)c2ccc(OC)c(OC)c2)n1. The van der Waals surface area contributed by atoms with Crippen molar-refractivity contribution in [2.75, 3.05) is 25.7 Å². The number of methoxy groups -OCH3 is 2. The number of halogens is 1. The van der Waals surface area contributed by atoms with Gasteiger partial charge in [0, 0.05) is 11.4 Å². The average Bonchev–Trinajstić information content (AvgIpc) is 3.24. The predicted octanol–water partition coefficient (Wildman–Crippen LogP) is 4.97. The molecule has 0 aliphatic carbocycles. The Labute approximate surface area is 182 Å². The average molecular weight is 447 g/mol. The van der Waals surface area contributed by atoms with E-state index in [1.807, 2.05) is 0 Å². The molecule has 1 amide bonds. The van der Waals surface area contributed by atoms with Gasteiger partial charge in [-0.1, -0.05) is 23.7 Å². The Bertz CT molecular complexity index is 1070. The lowest BCUT2D eigenvalue weighted by Crippen LogP contribution is -2.26. The summed E-state index contributed by atoms with van der Waals surface area (Å²) in [6.07, 6.45) is 0. The Balaban J connectivity index is 2.11. The molecule has 1 heterocycles. The molecule has 0 aliphatic rings. The van der Waals surface area contributed by atoms with Crippen LogP contribution in [0.25, 0.3) is 0 Å². The summed E-state index contributed by atoms with van der Waals surface area (Å²) in [5.41, 5.74) is 0.887. The minimum absolute atomic E-state index is 0.120. The van der Waals surface area contributed by atoms with Crippen LogP contribution in [0, 0.1) is 0 Å². The van der Waals surface area contributed by atoms with Crippen LogP contribution in [0.15, 0.2) is 47.8 Å². The lowest BCUT2D eigenvalue weighted by atomic mass is 10.1. The van der Waals surface area contributed by atoms with Crippen molar-refractivity contribution in [1.29, 1.82) is 0 Å². The van der Waals surface area contributed by atoms with E-state index in [1.54, 1.807) is 54.8 Å². The molecule has 156 valence electrons. The van der Waals surface area contributed by atoms with Gasteiger partial charge in [0.15, 0.2) is 22.3 Å². The number of amides is 1. The van der Waals surface area contributed by atoms with Gasteiger partial charge >= 0.3 is 5.97 Å². The molecule has 0 spiro atoms. The van der Waals surface area contributed by atoms with Crippen LogP contribution in [-0.2, 0) is 4.74 Å². The van der Waals surface area contributed by atoms with E-state index in [9.17, 15) is 9.59 Å². The molecule has 3 aromatic rings. The summed E-state index contributed by atoms with van der Waals surface area (Å²) in [5, 5.41) is 2.13. The summed E-state index contributed by atoms with van der Waals surface area (Å²) in [7, 11) is 3.03. The van der Waals surface area contributed by atoms with Crippen molar-refractivity contribution in [2.24, 2.45) is 0 Å². The van der Waals surface area contributed by atoms with E-state index < -0.39 is 11.9 Å². The highest BCUT2D eigenvalue weighted by Crippen LogP contribution is 2.37. The maximum atomic E-state index is 13.4. The first kappa shape index (κ1) is 21.6. The van der Waals surface area contributed by atoms with Crippen LogP contribution >= 0.6 is 22.9 Å². The van der Waals surface area contributed by atoms with Gasteiger partial charge in [0.1, 0.15) is 0 Å². The van der Waals surface area contributed by atoms with Crippen molar-refractivity contribution in [2.45, 2.75) is 6.92 Å². The Kier molecular flexibility index (Phi) is 6.91. The van der Waals surface area contributed by atoms with Crippen molar-refractivity contribution < 1.29 is 23.8 Å². The Morgan fingerprint density at radius 1 is 1.10 bits per heavy atom. The highest BCUT2D eigenvalue weighted by Gasteiger charge is 2.26. The lowest BCUT2D eigenvalue weighted by Gasteiger charge is -2.22. The fourth-order valence-corrected chi connectivity index (χ4v) is 3.73. The topological polar surface area (TPSA) is 78.0 Å². The third-order valence-corrected chi connectivity index (χ3v) is 5.26. The van der Waals surface area contributed by atoms with Crippen LogP contribution in [0.3, 0.4) is 0 Å². The summed E-state index contributed by atoms with van der Waals surface area (Å²) in [4.78, 5) is 31.2. The number of aromatic nitrogens is 1. The normalized spacial score (nSPS) is 10.4. The molecule has 1 aromatic heterocycles. The molecule has 0 unspecified atom stereocenters. The fourth-order valence-electron chi connectivity index (χ4n) is 2.70. The monoisotopic (exact) mass is 446 g/mol. The van der Waals surface area contributed by atoms with E-state index in [0.29, 0.717) is 27.8 Å². The lowest BCUT2D eigenvalue weighted by molar-refractivity contribution is 0.0520. The fraction of sp³-hybridized carbons (Fsp3) is 0.190. The first-order valence-electron chi connectivity index (χ1n) is 8.93. The summed E-state index contributed by atoms with van der Waals surface area (Å²) in [6, 6.07) is 11.7. The second-order valence-electron chi connectivity index (χ2n) is 5.90. The minimum atomic E-state index is -0.558. The quantitative estimate of drug-likeness (QED) is 0.477. The second-order valence-corrected chi connectivity index (χ2v) is 7.14. The van der Waals surface area contributed by atoms with Crippen LogP contribution in [0.4, 0.5) is 10.8 Å². The predicted molar refractivity (Wildman–Crippen MR) is 116 cm³/mol. The van der Waals surface area contributed by atoms with Gasteiger partial charge in [0.2, 0.25) is 0 Å². The van der Waals surface area contributed by atoms with E-state index in [-0.39, 0.29) is 17.4 Å². The third-order valence-electron chi connectivity index (χ3n) is 4.10. The van der Waals surface area contributed by atoms with Crippen LogP contribution < -0.4 is 14.4 Å². The van der Waals surface area contributed by atoms with Gasteiger partial charge in [-0.3, -0.25) is 9.69 Å². The highest BCUT2D eigenvalue weighted by molar-refractivity contribution is 7.14. The molecule has 0 bridgehead atoms. The number of benzene rings is 2. The first-order chi connectivity index (χ1) is 14.5. The molecule has 0 atom stereocenters. The standard InChI is InChI=1S/C21H19ClN2O5S/c1-4-29-20(26)16-12-30-21(23-16)24(19(25)14-7-5-6-8-15(14)22)13-9-10-17(27-2)18(11-13)28-3/h5-12H,4H2,1-3H3. The number of esters is 1. The number of hydrogen-bond donors (Lipinski definition) is 0. The zero-order valence-corrected chi connectivity index (χ0v) is 18.1. The van der Waals surface area contributed by atoms with Crippen LogP contribution in [0.5, 0.6) is 11.5 Å². The van der Waals surface area contributed by atoms with Crippen molar-refractivity contribution in [3.63, 3.8) is 0 Å². The molecule has 0 fully saturated rings. The van der Waals surface area contributed by atoms with Crippen molar-refractivity contribution in [1.82, 2.24) is 4.98 Å². The number of hydrogen-bond acceptors (Lipinski definition) is 7. The summed E-state index contributed by atoms with van der Waals surface area (Å²) in [6.45, 7) is 1.94. The van der Waals surface area contributed by atoms with Crippen molar-refractivity contribution in [3.8, 4) is 11.5 Å². The van der Waals surface area contributed by atoms with Crippen molar-refractivity contribution >= 4 is 45.6 Å². The van der Waals surface area contributed by atoms with Gasteiger partial charge in [0.25, 0.3) is 5.91 Å². The molecule has 0 N–H and O–H groups in total. The van der Waals surface area contributed by atoms with Crippen LogP contribution in [0.2, 0.25) is 5.02 Å². The number of ether oxygens (including phenoxy) is 3. The molecule has 0 saturated heterocycles. The molecule has 7 nitrogen and oxygen atoms in total. The molecule has 0 aliphatic heterocycles. The van der Waals surface area contributed by atoms with Gasteiger partial charge < -0.3 is 14.2 Å². The zero-order valence-electron chi connectivity index (χ0n) is 16.5. The maximum Gasteiger partial charge on any atom is 0.357 e. The molecular formula is C21H19ClN2O5S. The number of carbonyl (C=O) groups excluding carboxylic acids is 2. The third kappa shape index (κ3) is 4.39. The number of anilines is 2. The zero-order chi connectivity index (χ0) is 21.7. The molecule has 3 rings (SSSR count). The number of nitrogens with zero attached hydrogens (tertiary/aromatic N) is 2. The first-order valence-corrected chi connectivity index (χ1v) is 10.2. The van der Waals surface area contributed by atoms with Crippen LogP contribution in [0.1, 0.15) is 27.8 Å². The van der Waals surface area contributed by atoms with Gasteiger partial charge in [-0.05, 0) is 31.2 Å². The molecule has 2 aromatic carbocycles. The second kappa shape index (κ2) is 9.60. The molecule has 9 heteroatoms. The van der Waals surface area contributed by atoms with E-state index >= 15 is 0 Å². The Morgan fingerprint density at radius 2 is 1.83 bits per heavy atom. The Morgan fingerprint density at radius 3 is 2.50 bits per heavy atom. The van der Waals surface area contributed by atoms with Gasteiger partial charge in [-0.25, -0.2) is 9.78 Å². The minimum Gasteiger partial charge on any atom is -0.493 e. The molecule has 30 heavy (non-hydrogen) atoms. The maximum absolute atomic E-state index is 13.4.